The Balaban J connectivity index is 2.16. The van der Waals surface area contributed by atoms with E-state index in [1.54, 1.807) is 18.7 Å². The maximum absolute atomic E-state index is 11.9. The summed E-state index contributed by atoms with van der Waals surface area (Å²) in [6.07, 6.45) is 7.07. The van der Waals surface area contributed by atoms with E-state index in [0.717, 1.165) is 6.42 Å². The minimum Gasteiger partial charge on any atom is -0.481 e. The minimum absolute atomic E-state index is 0.0445. The number of rotatable bonds is 9. The minimum atomic E-state index is -1.13. The Morgan fingerprint density at radius 1 is 1.24 bits per heavy atom. The number of aromatic nitrogens is 2. The predicted octanol–water partition coefficient (Wildman–Crippen LogP) is 1.64. The summed E-state index contributed by atoms with van der Waals surface area (Å²) in [6.45, 7) is 4.08. The van der Waals surface area contributed by atoms with Gasteiger partial charge in [-0.2, -0.15) is 0 Å². The number of likely N-dealkylation sites (tertiary alicyclic amines) is 1. The first kappa shape index (κ1) is 19.0. The molecule has 0 radical (unpaired) electrons. The first-order valence-corrected chi connectivity index (χ1v) is 8.53. The van der Waals surface area contributed by atoms with E-state index in [1.807, 2.05) is 16.4 Å². The lowest BCUT2D eigenvalue weighted by molar-refractivity contribution is -0.153. The number of carboxylic acids is 2. The molecule has 1 aliphatic heterocycles. The molecule has 0 spiro atoms. The number of imidazole rings is 1. The van der Waals surface area contributed by atoms with E-state index in [4.69, 9.17) is 0 Å². The van der Waals surface area contributed by atoms with Crippen LogP contribution < -0.4 is 0 Å². The number of carboxylic acid groups (broad SMARTS) is 2. The monoisotopic (exact) mass is 351 g/mol. The number of hydrogen-bond acceptors (Lipinski definition) is 4. The lowest BCUT2D eigenvalue weighted by Gasteiger charge is -2.31. The normalized spacial score (nSPS) is 19.4. The van der Waals surface area contributed by atoms with Gasteiger partial charge in [-0.1, -0.05) is 6.92 Å². The quantitative estimate of drug-likeness (QED) is 0.699. The fourth-order valence-corrected chi connectivity index (χ4v) is 3.47. The Morgan fingerprint density at radius 3 is 2.44 bits per heavy atom. The highest BCUT2D eigenvalue weighted by Gasteiger charge is 2.34. The van der Waals surface area contributed by atoms with Gasteiger partial charge in [0.25, 0.3) is 0 Å². The molecule has 0 saturated carbocycles. The molecule has 2 rings (SSSR count). The zero-order valence-electron chi connectivity index (χ0n) is 14.5. The van der Waals surface area contributed by atoms with E-state index < -0.39 is 23.8 Å². The summed E-state index contributed by atoms with van der Waals surface area (Å²) >= 11 is 0. The van der Waals surface area contributed by atoms with Crippen molar-refractivity contribution in [3.63, 3.8) is 0 Å². The molecule has 1 aliphatic rings. The zero-order chi connectivity index (χ0) is 18.6. The summed E-state index contributed by atoms with van der Waals surface area (Å²) in [6, 6.07) is -0.286. The molecule has 1 aromatic rings. The molecule has 4 atom stereocenters. The largest absolute Gasteiger partial charge is 0.481 e. The van der Waals surface area contributed by atoms with Crippen LogP contribution in [0.2, 0.25) is 0 Å². The zero-order valence-corrected chi connectivity index (χ0v) is 14.5. The van der Waals surface area contributed by atoms with E-state index in [1.165, 1.54) is 6.92 Å². The van der Waals surface area contributed by atoms with Crippen LogP contribution in [0.25, 0.3) is 0 Å². The smallest absolute Gasteiger partial charge is 0.307 e. The van der Waals surface area contributed by atoms with E-state index in [9.17, 15) is 24.6 Å². The molecule has 4 unspecified atom stereocenters. The van der Waals surface area contributed by atoms with Gasteiger partial charge < -0.3 is 19.7 Å². The van der Waals surface area contributed by atoms with E-state index in [0.29, 0.717) is 19.4 Å². The number of carbonyl (C=O) groups is 3. The van der Waals surface area contributed by atoms with Crippen LogP contribution in [0.15, 0.2) is 18.7 Å². The number of nitrogens with zero attached hydrogens (tertiary/aromatic N) is 3. The van der Waals surface area contributed by atoms with E-state index >= 15 is 0 Å². The van der Waals surface area contributed by atoms with Gasteiger partial charge >= 0.3 is 11.9 Å². The Bertz CT molecular complexity index is 616. The van der Waals surface area contributed by atoms with Crippen LogP contribution in [0.3, 0.4) is 0 Å². The highest BCUT2D eigenvalue weighted by atomic mass is 16.4. The highest BCUT2D eigenvalue weighted by Crippen LogP contribution is 2.30. The van der Waals surface area contributed by atoms with Crippen molar-refractivity contribution < 1.29 is 24.6 Å². The molecular weight excluding hydrogens is 326 g/mol. The van der Waals surface area contributed by atoms with Crippen LogP contribution in [0.1, 0.15) is 45.6 Å². The Hall–Kier alpha value is -2.38. The summed E-state index contributed by atoms with van der Waals surface area (Å²) in [5.41, 5.74) is 0. The van der Waals surface area contributed by atoms with Gasteiger partial charge in [-0.3, -0.25) is 14.4 Å². The van der Waals surface area contributed by atoms with Gasteiger partial charge in [-0.25, -0.2) is 4.98 Å². The van der Waals surface area contributed by atoms with Crippen molar-refractivity contribution in [1.29, 1.82) is 0 Å². The second-order valence-corrected chi connectivity index (χ2v) is 6.75. The predicted molar refractivity (Wildman–Crippen MR) is 88.8 cm³/mol. The number of carbonyl (C=O) groups excluding carboxylic acids is 1. The number of hydrogen-bond donors (Lipinski definition) is 2. The first-order valence-electron chi connectivity index (χ1n) is 8.53. The van der Waals surface area contributed by atoms with Gasteiger partial charge in [0, 0.05) is 37.4 Å². The summed E-state index contributed by atoms with van der Waals surface area (Å²) in [5, 5.41) is 18.7. The molecule has 25 heavy (non-hydrogen) atoms. The molecule has 138 valence electrons. The molecule has 8 nitrogen and oxygen atoms in total. The molecule has 1 amide bonds. The van der Waals surface area contributed by atoms with Gasteiger partial charge in [0.1, 0.15) is 0 Å². The van der Waals surface area contributed by atoms with Gasteiger partial charge in [-0.15, -0.1) is 0 Å². The number of aliphatic carboxylic acids is 2. The summed E-state index contributed by atoms with van der Waals surface area (Å²) in [4.78, 5) is 40.6. The molecule has 0 bridgehead atoms. The van der Waals surface area contributed by atoms with Crippen molar-refractivity contribution in [2.75, 3.05) is 6.54 Å². The summed E-state index contributed by atoms with van der Waals surface area (Å²) in [5.74, 6) is -4.13. The summed E-state index contributed by atoms with van der Waals surface area (Å²) in [7, 11) is 0. The Morgan fingerprint density at radius 2 is 1.96 bits per heavy atom. The van der Waals surface area contributed by atoms with E-state index in [2.05, 4.69) is 4.98 Å². The van der Waals surface area contributed by atoms with Crippen LogP contribution in [-0.2, 0) is 14.4 Å². The lowest BCUT2D eigenvalue weighted by atomic mass is 9.86. The lowest BCUT2D eigenvalue weighted by Crippen LogP contribution is -2.37. The molecule has 2 N–H and O–H groups in total. The highest BCUT2D eigenvalue weighted by molar-refractivity contribution is 5.79. The van der Waals surface area contributed by atoms with Crippen molar-refractivity contribution in [1.82, 2.24) is 14.5 Å². The molecule has 1 fully saturated rings. The molecule has 0 aromatic carbocycles. The van der Waals surface area contributed by atoms with Crippen LogP contribution >= 0.6 is 0 Å². The fourth-order valence-electron chi connectivity index (χ4n) is 3.47. The third-order valence-corrected chi connectivity index (χ3v) is 5.04. The molecule has 1 aromatic heterocycles. The molecule has 2 heterocycles. The van der Waals surface area contributed by atoms with Gasteiger partial charge in [0.05, 0.1) is 18.2 Å². The maximum Gasteiger partial charge on any atom is 0.307 e. The SMILES string of the molecule is CC(C(=O)O)C(CC(CC(C)N1CCCC1=O)n1ccnc1)C(=O)O. The van der Waals surface area contributed by atoms with Crippen molar-refractivity contribution in [2.45, 2.75) is 51.6 Å². The second-order valence-electron chi connectivity index (χ2n) is 6.75. The van der Waals surface area contributed by atoms with Crippen LogP contribution in [0.5, 0.6) is 0 Å². The Labute approximate surface area is 146 Å². The molecule has 8 heteroatoms. The maximum atomic E-state index is 11.9. The molecule has 0 aliphatic carbocycles. The first-order chi connectivity index (χ1) is 11.8. The van der Waals surface area contributed by atoms with E-state index in [-0.39, 0.29) is 24.4 Å². The standard InChI is InChI=1S/C17H25N3O5/c1-11(20-6-3-4-15(20)21)8-13(19-7-5-18-10-19)9-14(17(24)25)12(2)16(22)23/h5,7,10-14H,3-4,6,8-9H2,1-2H3,(H,22,23)(H,24,25). The fraction of sp³-hybridized carbons (Fsp3) is 0.647. The van der Waals surface area contributed by atoms with Gasteiger partial charge in [-0.05, 0) is 26.2 Å². The Kier molecular flexibility index (Phi) is 6.17. The number of amides is 1. The van der Waals surface area contributed by atoms with Crippen LogP contribution in [-0.4, -0.2) is 55.1 Å². The topological polar surface area (TPSA) is 113 Å². The third-order valence-electron chi connectivity index (χ3n) is 5.04. The van der Waals surface area contributed by atoms with Gasteiger partial charge in [0.15, 0.2) is 0 Å². The second kappa shape index (κ2) is 8.13. The van der Waals surface area contributed by atoms with Crippen molar-refractivity contribution in [3.8, 4) is 0 Å². The summed E-state index contributed by atoms with van der Waals surface area (Å²) < 4.78 is 1.81. The average molecular weight is 351 g/mol. The third kappa shape index (κ3) is 4.58. The molecular formula is C17H25N3O5. The van der Waals surface area contributed by atoms with Crippen LogP contribution in [0.4, 0.5) is 0 Å². The van der Waals surface area contributed by atoms with Crippen molar-refractivity contribution in [3.05, 3.63) is 18.7 Å². The van der Waals surface area contributed by atoms with Crippen molar-refractivity contribution >= 4 is 17.8 Å². The average Bonchev–Trinajstić information content (AvgIpc) is 3.21. The van der Waals surface area contributed by atoms with Crippen LogP contribution in [0, 0.1) is 11.8 Å². The van der Waals surface area contributed by atoms with Gasteiger partial charge in [0.2, 0.25) is 5.91 Å². The molecule has 1 saturated heterocycles. The van der Waals surface area contributed by atoms with Crippen molar-refractivity contribution in [2.24, 2.45) is 11.8 Å².